The predicted molar refractivity (Wildman–Crippen MR) is 41.6 cm³/mol. The molecule has 0 fully saturated rings. The molecule has 0 saturated carbocycles. The minimum atomic E-state index is -0.659. The molecule has 1 unspecified atom stereocenters. The van der Waals surface area contributed by atoms with Crippen molar-refractivity contribution in [2.24, 2.45) is 0 Å². The summed E-state index contributed by atoms with van der Waals surface area (Å²) in [7, 11) is 1.66. The lowest BCUT2D eigenvalue weighted by molar-refractivity contribution is 0.506. The molecule has 0 aliphatic heterocycles. The Bertz CT molecular complexity index is 276. The second-order valence-corrected chi connectivity index (χ2v) is 2.51. The van der Waals surface area contributed by atoms with Gasteiger partial charge in [0.2, 0.25) is 5.95 Å². The van der Waals surface area contributed by atoms with E-state index in [-0.39, 0.29) is 11.7 Å². The molecule has 0 aliphatic carbocycles. The summed E-state index contributed by atoms with van der Waals surface area (Å²) in [6.45, 7) is 1.71. The van der Waals surface area contributed by atoms with Crippen molar-refractivity contribution < 1.29 is 8.78 Å². The molecule has 12 heavy (non-hydrogen) atoms. The Hall–Kier alpha value is -1.03. The van der Waals surface area contributed by atoms with E-state index in [0.29, 0.717) is 0 Å². The summed E-state index contributed by atoms with van der Waals surface area (Å²) >= 11 is 0. The van der Waals surface area contributed by atoms with Gasteiger partial charge in [-0.1, -0.05) is 0 Å². The smallest absolute Gasteiger partial charge is 0.213 e. The number of nitrogens with one attached hydrogen (secondary N) is 1. The number of hydrogen-bond donors (Lipinski definition) is 1. The highest BCUT2D eigenvalue weighted by Gasteiger charge is 2.11. The van der Waals surface area contributed by atoms with E-state index >= 15 is 0 Å². The van der Waals surface area contributed by atoms with E-state index in [2.05, 4.69) is 10.3 Å². The third-order valence-corrected chi connectivity index (χ3v) is 1.68. The normalized spacial score (nSPS) is 13.0. The Morgan fingerprint density at radius 3 is 2.67 bits per heavy atom. The van der Waals surface area contributed by atoms with Crippen LogP contribution in [0.3, 0.4) is 0 Å². The summed E-state index contributed by atoms with van der Waals surface area (Å²) in [6.07, 6.45) is 0. The Morgan fingerprint density at radius 2 is 2.08 bits per heavy atom. The Labute approximate surface area is 69.6 Å². The van der Waals surface area contributed by atoms with Gasteiger partial charge in [-0.05, 0) is 26.1 Å². The lowest BCUT2D eigenvalue weighted by Crippen LogP contribution is -2.16. The van der Waals surface area contributed by atoms with E-state index < -0.39 is 11.8 Å². The molecule has 0 aromatic carbocycles. The van der Waals surface area contributed by atoms with E-state index in [4.69, 9.17) is 0 Å². The van der Waals surface area contributed by atoms with Gasteiger partial charge >= 0.3 is 0 Å². The zero-order valence-electron chi connectivity index (χ0n) is 6.94. The van der Waals surface area contributed by atoms with Crippen LogP contribution in [-0.2, 0) is 0 Å². The molecule has 1 aromatic rings. The first kappa shape index (κ1) is 9.06. The van der Waals surface area contributed by atoms with Crippen molar-refractivity contribution in [3.8, 4) is 0 Å². The summed E-state index contributed by atoms with van der Waals surface area (Å²) in [5.74, 6) is -1.15. The molecule has 0 bridgehead atoms. The van der Waals surface area contributed by atoms with Crippen LogP contribution in [0.25, 0.3) is 0 Å². The van der Waals surface area contributed by atoms with Crippen LogP contribution in [-0.4, -0.2) is 12.0 Å². The van der Waals surface area contributed by atoms with Gasteiger partial charge in [0.15, 0.2) is 0 Å². The quantitative estimate of drug-likeness (QED) is 0.686. The van der Waals surface area contributed by atoms with Crippen molar-refractivity contribution in [1.82, 2.24) is 10.3 Å². The third-order valence-electron chi connectivity index (χ3n) is 1.68. The largest absolute Gasteiger partial charge is 0.312 e. The number of hydrogen-bond acceptors (Lipinski definition) is 2. The summed E-state index contributed by atoms with van der Waals surface area (Å²) in [5.41, 5.74) is 0.109. The van der Waals surface area contributed by atoms with Crippen molar-refractivity contribution >= 4 is 0 Å². The Kier molecular flexibility index (Phi) is 2.70. The topological polar surface area (TPSA) is 24.9 Å². The van der Waals surface area contributed by atoms with E-state index in [1.165, 1.54) is 0 Å². The van der Waals surface area contributed by atoms with Crippen LogP contribution in [0.15, 0.2) is 12.1 Å². The summed E-state index contributed by atoms with van der Waals surface area (Å²) in [5, 5.41) is 2.78. The fourth-order valence-corrected chi connectivity index (χ4v) is 0.873. The third kappa shape index (κ3) is 1.76. The monoisotopic (exact) mass is 172 g/mol. The van der Waals surface area contributed by atoms with Crippen molar-refractivity contribution in [3.63, 3.8) is 0 Å². The van der Waals surface area contributed by atoms with E-state index in [1.54, 1.807) is 14.0 Å². The zero-order valence-corrected chi connectivity index (χ0v) is 6.94. The fraction of sp³-hybridized carbons (Fsp3) is 0.375. The average Bonchev–Trinajstić information content (AvgIpc) is 2.08. The van der Waals surface area contributed by atoms with Gasteiger partial charge in [0, 0.05) is 6.04 Å². The average molecular weight is 172 g/mol. The predicted octanol–water partition coefficient (Wildman–Crippen LogP) is 1.64. The zero-order chi connectivity index (χ0) is 9.14. The van der Waals surface area contributed by atoms with Crippen LogP contribution in [0.1, 0.15) is 18.7 Å². The van der Waals surface area contributed by atoms with Crippen LogP contribution < -0.4 is 5.32 Å². The molecular weight excluding hydrogens is 162 g/mol. The van der Waals surface area contributed by atoms with Gasteiger partial charge in [0.1, 0.15) is 5.82 Å². The minimum Gasteiger partial charge on any atom is -0.312 e. The van der Waals surface area contributed by atoms with Crippen LogP contribution in [0.5, 0.6) is 0 Å². The molecule has 0 aliphatic rings. The SMILES string of the molecule is CNC(C)c1nc(F)ccc1F. The van der Waals surface area contributed by atoms with Crippen molar-refractivity contribution in [3.05, 3.63) is 29.6 Å². The second kappa shape index (κ2) is 3.58. The molecule has 0 saturated heterocycles. The molecule has 0 spiro atoms. The van der Waals surface area contributed by atoms with Crippen LogP contribution >= 0.6 is 0 Å². The molecule has 1 aromatic heterocycles. The van der Waals surface area contributed by atoms with Crippen molar-refractivity contribution in [2.75, 3.05) is 7.05 Å². The summed E-state index contributed by atoms with van der Waals surface area (Å²) in [4.78, 5) is 3.44. The molecule has 1 atom stereocenters. The van der Waals surface area contributed by atoms with Crippen LogP contribution in [0.4, 0.5) is 8.78 Å². The molecule has 2 nitrogen and oxygen atoms in total. The number of pyridine rings is 1. The van der Waals surface area contributed by atoms with Gasteiger partial charge in [-0.25, -0.2) is 9.37 Å². The molecule has 1 rings (SSSR count). The first-order valence-corrected chi connectivity index (χ1v) is 3.64. The Balaban J connectivity index is 3.04. The maximum atomic E-state index is 12.9. The summed E-state index contributed by atoms with van der Waals surface area (Å²) < 4.78 is 25.5. The van der Waals surface area contributed by atoms with Gasteiger partial charge in [0.05, 0.1) is 5.69 Å². The number of nitrogens with zero attached hydrogens (tertiary/aromatic N) is 1. The molecule has 66 valence electrons. The molecular formula is C8H10F2N2. The maximum Gasteiger partial charge on any atom is 0.213 e. The van der Waals surface area contributed by atoms with E-state index in [1.807, 2.05) is 0 Å². The number of halogens is 2. The van der Waals surface area contributed by atoms with Gasteiger partial charge in [-0.3, -0.25) is 0 Å². The lowest BCUT2D eigenvalue weighted by Gasteiger charge is -2.09. The van der Waals surface area contributed by atoms with Gasteiger partial charge in [0.25, 0.3) is 0 Å². The Morgan fingerprint density at radius 1 is 1.42 bits per heavy atom. The fourth-order valence-electron chi connectivity index (χ4n) is 0.873. The highest BCUT2D eigenvalue weighted by atomic mass is 19.1. The highest BCUT2D eigenvalue weighted by molar-refractivity contribution is 5.11. The summed E-state index contributed by atoms with van der Waals surface area (Å²) in [6, 6.07) is 1.80. The van der Waals surface area contributed by atoms with Crippen LogP contribution in [0.2, 0.25) is 0 Å². The second-order valence-electron chi connectivity index (χ2n) is 2.51. The first-order chi connectivity index (χ1) is 5.65. The molecule has 4 heteroatoms. The number of rotatable bonds is 2. The highest BCUT2D eigenvalue weighted by Crippen LogP contribution is 2.13. The van der Waals surface area contributed by atoms with Crippen molar-refractivity contribution in [1.29, 1.82) is 0 Å². The maximum absolute atomic E-state index is 12.9. The first-order valence-electron chi connectivity index (χ1n) is 3.64. The standard InChI is InChI=1S/C8H10F2N2/c1-5(11-2)8-6(9)3-4-7(10)12-8/h3-5,11H,1-2H3. The minimum absolute atomic E-state index is 0.109. The van der Waals surface area contributed by atoms with Gasteiger partial charge in [-0.15, -0.1) is 0 Å². The van der Waals surface area contributed by atoms with E-state index in [9.17, 15) is 8.78 Å². The molecule has 1 heterocycles. The molecule has 0 amide bonds. The van der Waals surface area contributed by atoms with Gasteiger partial charge in [-0.2, -0.15) is 4.39 Å². The number of aromatic nitrogens is 1. The van der Waals surface area contributed by atoms with E-state index in [0.717, 1.165) is 12.1 Å². The van der Waals surface area contributed by atoms with Crippen molar-refractivity contribution in [2.45, 2.75) is 13.0 Å². The molecule has 1 N–H and O–H groups in total. The lowest BCUT2D eigenvalue weighted by atomic mass is 10.2. The molecule has 0 radical (unpaired) electrons. The van der Waals surface area contributed by atoms with Gasteiger partial charge < -0.3 is 5.32 Å². The van der Waals surface area contributed by atoms with Crippen LogP contribution in [0, 0.1) is 11.8 Å².